The lowest BCUT2D eigenvalue weighted by Crippen LogP contribution is -2.70. The molecule has 1 unspecified atom stereocenters. The summed E-state index contributed by atoms with van der Waals surface area (Å²) in [7, 11) is 1.07. The molecule has 0 radical (unpaired) electrons. The van der Waals surface area contributed by atoms with Crippen LogP contribution in [0.1, 0.15) is 46.0 Å². The van der Waals surface area contributed by atoms with Crippen LogP contribution in [0.3, 0.4) is 0 Å². The van der Waals surface area contributed by atoms with E-state index in [0.717, 1.165) is 6.42 Å². The van der Waals surface area contributed by atoms with Crippen molar-refractivity contribution in [3.63, 3.8) is 0 Å². The van der Waals surface area contributed by atoms with Gasteiger partial charge in [-0.1, -0.05) is 26.7 Å². The van der Waals surface area contributed by atoms with Gasteiger partial charge in [0.05, 0.1) is 0 Å². The van der Waals surface area contributed by atoms with Gasteiger partial charge in [0.15, 0.2) is 0 Å². The van der Waals surface area contributed by atoms with E-state index < -0.39 is 8.88 Å². The predicted octanol–water partition coefficient (Wildman–Crippen LogP) is 1.64. The van der Waals surface area contributed by atoms with Crippen molar-refractivity contribution in [3.8, 4) is 0 Å². The lowest BCUT2D eigenvalue weighted by molar-refractivity contribution is 0.201. The summed E-state index contributed by atoms with van der Waals surface area (Å²) in [5.41, 5.74) is 0. The van der Waals surface area contributed by atoms with Crippen LogP contribution in [0, 0.1) is 0 Å². The van der Waals surface area contributed by atoms with Gasteiger partial charge in [0.25, 0.3) is 0 Å². The highest BCUT2D eigenvalue weighted by Crippen LogP contribution is 2.19. The summed E-state index contributed by atoms with van der Waals surface area (Å²) in [6.45, 7) is 4.33. The van der Waals surface area contributed by atoms with E-state index in [1.807, 2.05) is 0 Å². The smallest absolute Gasteiger partial charge is 0.374 e. The average molecular weight is 246 g/mol. The molecule has 5 heteroatoms. The summed E-state index contributed by atoms with van der Waals surface area (Å²) >= 11 is 0. The Labute approximate surface area is 100 Å². The van der Waals surface area contributed by atoms with Crippen LogP contribution in [0.2, 0.25) is 0 Å². The van der Waals surface area contributed by atoms with E-state index in [9.17, 15) is 0 Å². The number of rotatable bonds is 7. The maximum atomic E-state index is 5.62. The zero-order chi connectivity index (χ0) is 12.0. The molecule has 96 valence electrons. The van der Waals surface area contributed by atoms with Crippen molar-refractivity contribution in [1.82, 2.24) is 9.96 Å². The van der Waals surface area contributed by atoms with E-state index in [1.165, 1.54) is 25.7 Å². The van der Waals surface area contributed by atoms with Gasteiger partial charge in [-0.15, -0.1) is 0 Å². The normalized spacial score (nSPS) is 20.2. The zero-order valence-corrected chi connectivity index (χ0v) is 12.0. The molecule has 2 N–H and O–H groups in total. The lowest BCUT2D eigenvalue weighted by atomic mass is 10.3. The Morgan fingerprint density at radius 1 is 1.25 bits per heavy atom. The molecule has 0 spiro atoms. The first-order valence-electron chi connectivity index (χ1n) is 6.31. The highest BCUT2D eigenvalue weighted by Gasteiger charge is 2.41. The molecule has 16 heavy (non-hydrogen) atoms. The molecule has 1 saturated carbocycles. The highest BCUT2D eigenvalue weighted by atomic mass is 28.4. The quantitative estimate of drug-likeness (QED) is 0.670. The third kappa shape index (κ3) is 3.82. The van der Waals surface area contributed by atoms with Crippen molar-refractivity contribution < 1.29 is 8.85 Å². The molecule has 0 aliphatic heterocycles. The SMILES string of the molecule is CCC(C)N[Si](NC1CCCC1)(OC)OC. The van der Waals surface area contributed by atoms with Gasteiger partial charge in [-0.2, -0.15) is 0 Å². The molecule has 0 saturated heterocycles. The monoisotopic (exact) mass is 246 g/mol. The maximum Gasteiger partial charge on any atom is 0.516 e. The Balaban J connectivity index is 2.54. The summed E-state index contributed by atoms with van der Waals surface area (Å²) in [6.07, 6.45) is 6.19. The molecule has 0 aromatic heterocycles. The molecular formula is C11H26N2O2Si. The molecule has 0 aromatic carbocycles. The van der Waals surface area contributed by atoms with Crippen LogP contribution >= 0.6 is 0 Å². The van der Waals surface area contributed by atoms with E-state index in [0.29, 0.717) is 12.1 Å². The van der Waals surface area contributed by atoms with Gasteiger partial charge in [-0.05, 0) is 19.3 Å². The summed E-state index contributed by atoms with van der Waals surface area (Å²) < 4.78 is 11.2. The van der Waals surface area contributed by atoms with Gasteiger partial charge in [0.1, 0.15) is 0 Å². The third-order valence-electron chi connectivity index (χ3n) is 3.37. The van der Waals surface area contributed by atoms with Crippen molar-refractivity contribution in [2.45, 2.75) is 58.0 Å². The topological polar surface area (TPSA) is 42.5 Å². The summed E-state index contributed by atoms with van der Waals surface area (Å²) in [4.78, 5) is 7.07. The van der Waals surface area contributed by atoms with Crippen LogP contribution < -0.4 is 9.96 Å². The molecule has 1 fully saturated rings. The van der Waals surface area contributed by atoms with Gasteiger partial charge < -0.3 is 8.85 Å². The van der Waals surface area contributed by atoms with Gasteiger partial charge >= 0.3 is 8.88 Å². The van der Waals surface area contributed by atoms with Crippen molar-refractivity contribution in [3.05, 3.63) is 0 Å². The van der Waals surface area contributed by atoms with Crippen LogP contribution in [0.25, 0.3) is 0 Å². The van der Waals surface area contributed by atoms with Crippen LogP contribution in [0.4, 0.5) is 0 Å². The Kier molecular flexibility index (Phi) is 5.92. The van der Waals surface area contributed by atoms with Crippen LogP contribution in [0.5, 0.6) is 0 Å². The van der Waals surface area contributed by atoms with E-state index in [1.54, 1.807) is 14.2 Å². The second kappa shape index (κ2) is 6.71. The molecule has 0 bridgehead atoms. The van der Waals surface area contributed by atoms with Gasteiger partial charge in [0, 0.05) is 26.3 Å². The van der Waals surface area contributed by atoms with E-state index >= 15 is 0 Å². The first kappa shape index (κ1) is 14.1. The fourth-order valence-corrected chi connectivity index (χ4v) is 4.53. The molecule has 0 amide bonds. The first-order valence-corrected chi connectivity index (χ1v) is 8.13. The Hall–Kier alpha value is 0.0569. The largest absolute Gasteiger partial charge is 0.516 e. The number of hydrogen-bond donors (Lipinski definition) is 2. The zero-order valence-electron chi connectivity index (χ0n) is 11.0. The number of hydrogen-bond acceptors (Lipinski definition) is 4. The fourth-order valence-electron chi connectivity index (χ4n) is 2.13. The fraction of sp³-hybridized carbons (Fsp3) is 1.00. The van der Waals surface area contributed by atoms with E-state index in [4.69, 9.17) is 8.85 Å². The maximum absolute atomic E-state index is 5.62. The van der Waals surface area contributed by atoms with Crippen molar-refractivity contribution in [1.29, 1.82) is 0 Å². The van der Waals surface area contributed by atoms with Crippen LogP contribution in [-0.2, 0) is 8.85 Å². The Bertz CT molecular complexity index is 194. The second-order valence-corrected chi connectivity index (χ2v) is 7.23. The predicted molar refractivity (Wildman–Crippen MR) is 68.1 cm³/mol. The minimum Gasteiger partial charge on any atom is -0.374 e. The highest BCUT2D eigenvalue weighted by molar-refractivity contribution is 6.62. The summed E-state index contributed by atoms with van der Waals surface area (Å²) in [6, 6.07) is 0.976. The van der Waals surface area contributed by atoms with Crippen molar-refractivity contribution >= 4 is 8.88 Å². The lowest BCUT2D eigenvalue weighted by Gasteiger charge is -2.33. The standard InChI is InChI=1S/C11H26N2O2Si/c1-5-10(2)12-16(14-3,15-4)13-11-8-6-7-9-11/h10-13H,5-9H2,1-4H3. The Morgan fingerprint density at radius 2 is 1.81 bits per heavy atom. The van der Waals surface area contributed by atoms with Crippen molar-refractivity contribution in [2.24, 2.45) is 0 Å². The van der Waals surface area contributed by atoms with Crippen LogP contribution in [0.15, 0.2) is 0 Å². The van der Waals surface area contributed by atoms with Gasteiger partial charge in [-0.3, -0.25) is 9.96 Å². The third-order valence-corrected chi connectivity index (χ3v) is 6.18. The molecule has 4 nitrogen and oxygen atoms in total. The number of nitrogens with one attached hydrogen (secondary N) is 2. The van der Waals surface area contributed by atoms with Crippen LogP contribution in [-0.4, -0.2) is 35.2 Å². The Morgan fingerprint density at radius 3 is 2.25 bits per heavy atom. The summed E-state index contributed by atoms with van der Waals surface area (Å²) in [5.74, 6) is 0. The minimum absolute atomic E-state index is 0.417. The average Bonchev–Trinajstić information content (AvgIpc) is 2.80. The molecule has 1 atom stereocenters. The first-order chi connectivity index (χ1) is 7.65. The second-order valence-electron chi connectivity index (χ2n) is 4.60. The minimum atomic E-state index is -2.39. The molecule has 1 aliphatic rings. The molecule has 1 rings (SSSR count). The summed E-state index contributed by atoms with van der Waals surface area (Å²) in [5, 5.41) is 0. The van der Waals surface area contributed by atoms with Gasteiger partial charge in [-0.25, -0.2) is 0 Å². The molecule has 1 aliphatic carbocycles. The molecular weight excluding hydrogens is 220 g/mol. The van der Waals surface area contributed by atoms with Gasteiger partial charge in [0.2, 0.25) is 0 Å². The van der Waals surface area contributed by atoms with Crippen molar-refractivity contribution in [2.75, 3.05) is 14.2 Å². The molecule has 0 heterocycles. The molecule has 0 aromatic rings. The van der Waals surface area contributed by atoms with E-state index in [2.05, 4.69) is 23.8 Å². The van der Waals surface area contributed by atoms with E-state index in [-0.39, 0.29) is 0 Å².